The van der Waals surface area contributed by atoms with Gasteiger partial charge in [-0.25, -0.2) is 4.79 Å². The number of carbonyl (C=O) groups excluding carboxylic acids is 2. The molecule has 1 aromatic heterocycles. The number of Topliss-reactive ketones (excluding diaryl/α,β-unsaturated/α-hetero) is 1. The topological polar surface area (TPSA) is 157 Å². The number of benzene rings is 1. The van der Waals surface area contributed by atoms with Gasteiger partial charge in [0, 0.05) is 28.8 Å². The van der Waals surface area contributed by atoms with E-state index in [2.05, 4.69) is 5.32 Å². The van der Waals surface area contributed by atoms with Crippen LogP contribution in [0.2, 0.25) is 0 Å². The molecule has 5 N–H and O–H groups in total. The quantitative estimate of drug-likeness (QED) is 0.226. The first-order valence-electron chi connectivity index (χ1n) is 7.74. The molecule has 0 aliphatic rings. The molecule has 140 valence electrons. The summed E-state index contributed by atoms with van der Waals surface area (Å²) in [6.45, 7) is 0.520. The Balaban J connectivity index is 2.33. The van der Waals surface area contributed by atoms with Crippen LogP contribution in [0.25, 0.3) is 11.0 Å². The van der Waals surface area contributed by atoms with E-state index in [-0.39, 0.29) is 22.6 Å². The van der Waals surface area contributed by atoms with Crippen molar-refractivity contribution in [3.63, 3.8) is 0 Å². The van der Waals surface area contributed by atoms with Crippen LogP contribution in [0.4, 0.5) is 5.69 Å². The first-order valence-corrected chi connectivity index (χ1v) is 7.74. The van der Waals surface area contributed by atoms with E-state index in [9.17, 15) is 29.7 Å². The van der Waals surface area contributed by atoms with E-state index in [1.807, 2.05) is 0 Å². The molecule has 0 amide bonds. The van der Waals surface area contributed by atoms with Crippen LogP contribution in [0.15, 0.2) is 33.5 Å². The Morgan fingerprint density at radius 1 is 1.23 bits per heavy atom. The molecule has 2 rings (SSSR count). The normalized spacial score (nSPS) is 15.9. The molecule has 9 heteroatoms. The molecule has 0 bridgehead atoms. The minimum Gasteiger partial charge on any atom is -0.423 e. The molecule has 0 aliphatic heterocycles. The highest BCUT2D eigenvalue weighted by molar-refractivity contribution is 6.05. The van der Waals surface area contributed by atoms with Crippen LogP contribution < -0.4 is 10.9 Å². The lowest BCUT2D eigenvalue weighted by atomic mass is 10.0. The zero-order valence-corrected chi connectivity index (χ0v) is 13.8. The van der Waals surface area contributed by atoms with Gasteiger partial charge in [-0.2, -0.15) is 0 Å². The van der Waals surface area contributed by atoms with E-state index in [0.717, 1.165) is 6.07 Å². The average Bonchev–Trinajstić information content (AvgIpc) is 2.62. The lowest BCUT2D eigenvalue weighted by Gasteiger charge is -2.26. The first kappa shape index (κ1) is 19.7. The molecule has 0 saturated carbocycles. The Bertz CT molecular complexity index is 861. The van der Waals surface area contributed by atoms with Crippen LogP contribution in [0, 0.1) is 0 Å². The van der Waals surface area contributed by atoms with Gasteiger partial charge in [0.1, 0.15) is 36.2 Å². The number of fused-ring (bicyclic) bond motifs is 1. The van der Waals surface area contributed by atoms with Crippen molar-refractivity contribution < 1.29 is 34.4 Å². The van der Waals surface area contributed by atoms with Gasteiger partial charge in [-0.1, -0.05) is 0 Å². The SMILES string of the molecule is CC(=O)c1cc(=O)oc2cc(N[C@H](C=O)[C@H](O)[C@@H](O)[C@@H](O)CO)ccc12. The monoisotopic (exact) mass is 365 g/mol. The molecule has 9 nitrogen and oxygen atoms in total. The number of aliphatic hydroxyl groups is 4. The van der Waals surface area contributed by atoms with Crippen LogP contribution in [0.3, 0.4) is 0 Å². The van der Waals surface area contributed by atoms with Gasteiger partial charge in [-0.15, -0.1) is 0 Å². The molecule has 1 heterocycles. The summed E-state index contributed by atoms with van der Waals surface area (Å²) >= 11 is 0. The van der Waals surface area contributed by atoms with E-state index in [1.165, 1.54) is 25.1 Å². The average molecular weight is 365 g/mol. The van der Waals surface area contributed by atoms with Gasteiger partial charge in [0.05, 0.1) is 6.61 Å². The molecule has 0 saturated heterocycles. The van der Waals surface area contributed by atoms with E-state index < -0.39 is 36.6 Å². The molecule has 26 heavy (non-hydrogen) atoms. The number of rotatable bonds is 8. The van der Waals surface area contributed by atoms with Crippen LogP contribution in [-0.2, 0) is 4.79 Å². The molecule has 4 atom stereocenters. The summed E-state index contributed by atoms with van der Waals surface area (Å²) in [5.41, 5.74) is -0.157. The maximum Gasteiger partial charge on any atom is 0.336 e. The third-order valence-corrected chi connectivity index (χ3v) is 3.90. The van der Waals surface area contributed by atoms with Crippen molar-refractivity contribution in [3.05, 3.63) is 40.2 Å². The molecule has 0 aliphatic carbocycles. The number of hydrogen-bond acceptors (Lipinski definition) is 9. The number of ketones is 1. The fraction of sp³-hybridized carbons (Fsp3) is 0.353. The third-order valence-electron chi connectivity index (χ3n) is 3.90. The van der Waals surface area contributed by atoms with Gasteiger partial charge in [-0.05, 0) is 19.1 Å². The second-order valence-corrected chi connectivity index (χ2v) is 5.78. The lowest BCUT2D eigenvalue weighted by Crippen LogP contribution is -2.49. The molecule has 0 spiro atoms. The van der Waals surface area contributed by atoms with Gasteiger partial charge < -0.3 is 35.0 Å². The van der Waals surface area contributed by atoms with Gasteiger partial charge >= 0.3 is 5.63 Å². The summed E-state index contributed by atoms with van der Waals surface area (Å²) in [6.07, 6.45) is -4.77. The van der Waals surface area contributed by atoms with Crippen LogP contribution in [-0.4, -0.2) is 63.5 Å². The second-order valence-electron chi connectivity index (χ2n) is 5.78. The summed E-state index contributed by atoms with van der Waals surface area (Å²) in [5.74, 6) is -0.314. The van der Waals surface area contributed by atoms with Crippen molar-refractivity contribution >= 4 is 28.7 Å². The van der Waals surface area contributed by atoms with Gasteiger partial charge in [0.2, 0.25) is 0 Å². The lowest BCUT2D eigenvalue weighted by molar-refractivity contribution is -0.117. The minimum atomic E-state index is -1.76. The highest BCUT2D eigenvalue weighted by Gasteiger charge is 2.31. The molecule has 2 aromatic rings. The van der Waals surface area contributed by atoms with Crippen molar-refractivity contribution in [3.8, 4) is 0 Å². The van der Waals surface area contributed by atoms with Crippen LogP contribution >= 0.6 is 0 Å². The van der Waals surface area contributed by atoms with Gasteiger partial charge in [0.25, 0.3) is 0 Å². The summed E-state index contributed by atoms with van der Waals surface area (Å²) < 4.78 is 5.05. The summed E-state index contributed by atoms with van der Waals surface area (Å²) in [5, 5.41) is 40.9. The maximum absolute atomic E-state index is 11.6. The van der Waals surface area contributed by atoms with Crippen molar-refractivity contribution in [2.45, 2.75) is 31.3 Å². The number of anilines is 1. The van der Waals surface area contributed by atoms with Crippen molar-refractivity contribution in [2.24, 2.45) is 0 Å². The van der Waals surface area contributed by atoms with Gasteiger partial charge in [-0.3, -0.25) is 4.79 Å². The summed E-state index contributed by atoms with van der Waals surface area (Å²) in [7, 11) is 0. The maximum atomic E-state index is 11.6. The number of carbonyl (C=O) groups is 2. The predicted octanol–water partition coefficient (Wildman–Crippen LogP) is -0.950. The fourth-order valence-corrected chi connectivity index (χ4v) is 2.48. The number of hydrogen-bond donors (Lipinski definition) is 5. The first-order chi connectivity index (χ1) is 12.3. The zero-order valence-electron chi connectivity index (χ0n) is 13.8. The van der Waals surface area contributed by atoms with E-state index >= 15 is 0 Å². The molecular weight excluding hydrogens is 346 g/mol. The van der Waals surface area contributed by atoms with Crippen LogP contribution in [0.1, 0.15) is 17.3 Å². The zero-order chi connectivity index (χ0) is 19.4. The number of aliphatic hydroxyl groups excluding tert-OH is 4. The molecule has 0 unspecified atom stereocenters. The van der Waals surface area contributed by atoms with Crippen LogP contribution in [0.5, 0.6) is 0 Å². The third kappa shape index (κ3) is 4.14. The van der Waals surface area contributed by atoms with Gasteiger partial charge in [0.15, 0.2) is 5.78 Å². The second kappa shape index (κ2) is 8.19. The molecule has 1 aromatic carbocycles. The fourth-order valence-electron chi connectivity index (χ4n) is 2.48. The predicted molar refractivity (Wildman–Crippen MR) is 91.1 cm³/mol. The number of nitrogens with one attached hydrogen (secondary N) is 1. The van der Waals surface area contributed by atoms with Crippen molar-refractivity contribution in [1.29, 1.82) is 0 Å². The highest BCUT2D eigenvalue weighted by Crippen LogP contribution is 2.22. The molecule has 0 fully saturated rings. The Morgan fingerprint density at radius 2 is 1.92 bits per heavy atom. The van der Waals surface area contributed by atoms with Crippen molar-refractivity contribution in [2.75, 3.05) is 11.9 Å². The van der Waals surface area contributed by atoms with E-state index in [1.54, 1.807) is 0 Å². The molecular formula is C17H19NO8. The van der Waals surface area contributed by atoms with E-state index in [0.29, 0.717) is 11.7 Å². The standard InChI is InChI=1S/C17H19NO8/c1-8(21)11-5-15(23)26-14-4-9(2-3-10(11)14)18-12(6-19)16(24)17(25)13(22)7-20/h2-6,12-13,16-18,20,22,24-25H,7H2,1H3/t12-,13+,16+,17+/m1/s1. The van der Waals surface area contributed by atoms with Crippen molar-refractivity contribution in [1.82, 2.24) is 0 Å². The summed E-state index contributed by atoms with van der Waals surface area (Å²) in [4.78, 5) is 34.4. The summed E-state index contributed by atoms with van der Waals surface area (Å²) in [6, 6.07) is 4.13. The number of aldehydes is 1. The highest BCUT2D eigenvalue weighted by atomic mass is 16.4. The molecule has 0 radical (unpaired) electrons. The largest absolute Gasteiger partial charge is 0.423 e. The Kier molecular flexibility index (Phi) is 6.22. The minimum absolute atomic E-state index is 0.0998. The Labute approximate surface area is 147 Å². The Morgan fingerprint density at radius 3 is 2.50 bits per heavy atom. The van der Waals surface area contributed by atoms with E-state index in [4.69, 9.17) is 9.52 Å². The Hall–Kier alpha value is -2.59. The smallest absolute Gasteiger partial charge is 0.336 e.